The third-order valence-corrected chi connectivity index (χ3v) is 3.62. The number of carbonyl (C=O) groups is 1. The summed E-state index contributed by atoms with van der Waals surface area (Å²) in [5, 5.41) is 10.5. The lowest BCUT2D eigenvalue weighted by Crippen LogP contribution is -2.09. The summed E-state index contributed by atoms with van der Waals surface area (Å²) in [4.78, 5) is 10.7. The zero-order valence-electron chi connectivity index (χ0n) is 11.8. The van der Waals surface area contributed by atoms with Gasteiger partial charge >= 0.3 is 0 Å². The highest BCUT2D eigenvalue weighted by molar-refractivity contribution is 5.77. The summed E-state index contributed by atoms with van der Waals surface area (Å²) in [5.41, 5.74) is 3.74. The molecule has 1 heterocycles. The smallest absolute Gasteiger partial charge is 0.150 e. The Morgan fingerprint density at radius 2 is 1.43 bits per heavy atom. The molecule has 0 spiro atoms. The van der Waals surface area contributed by atoms with E-state index in [0.717, 1.165) is 36.2 Å². The van der Waals surface area contributed by atoms with Gasteiger partial charge in [0.2, 0.25) is 0 Å². The van der Waals surface area contributed by atoms with Gasteiger partial charge in [0.05, 0.1) is 5.69 Å². The highest BCUT2D eigenvalue weighted by Gasteiger charge is 2.08. The van der Waals surface area contributed by atoms with Crippen LogP contribution in [0, 0.1) is 0 Å². The molecule has 1 fully saturated rings. The van der Waals surface area contributed by atoms with Crippen molar-refractivity contribution >= 4 is 12.0 Å². The van der Waals surface area contributed by atoms with Crippen molar-refractivity contribution in [2.24, 2.45) is 10.3 Å². The molecule has 0 N–H and O–H groups in total. The van der Waals surface area contributed by atoms with Crippen LogP contribution in [0.3, 0.4) is 0 Å². The lowest BCUT2D eigenvalue weighted by Gasteiger charge is -2.07. The Kier molecular flexibility index (Phi) is 4.05. The molecule has 0 unspecified atom stereocenters. The summed E-state index contributed by atoms with van der Waals surface area (Å²) >= 11 is 0. The Bertz CT molecular complexity index is 626. The average molecular weight is 279 g/mol. The number of rotatable bonds is 4. The predicted molar refractivity (Wildman–Crippen MR) is 82.6 cm³/mol. The van der Waals surface area contributed by atoms with Crippen molar-refractivity contribution in [1.29, 1.82) is 0 Å². The molecule has 4 heteroatoms. The topological polar surface area (TPSA) is 45.0 Å². The van der Waals surface area contributed by atoms with Crippen molar-refractivity contribution in [2.45, 2.75) is 12.8 Å². The zero-order chi connectivity index (χ0) is 14.5. The molecule has 1 aliphatic heterocycles. The molecule has 1 saturated heterocycles. The summed E-state index contributed by atoms with van der Waals surface area (Å²) in [6, 6.07) is 15.5. The van der Waals surface area contributed by atoms with Crippen LogP contribution in [0.5, 0.6) is 0 Å². The van der Waals surface area contributed by atoms with E-state index in [0.29, 0.717) is 5.56 Å². The highest BCUT2D eigenvalue weighted by atomic mass is 16.1. The van der Waals surface area contributed by atoms with Gasteiger partial charge in [-0.25, -0.2) is 0 Å². The molecule has 0 aliphatic carbocycles. The van der Waals surface area contributed by atoms with E-state index in [9.17, 15) is 4.79 Å². The second-order valence-corrected chi connectivity index (χ2v) is 5.14. The van der Waals surface area contributed by atoms with Crippen molar-refractivity contribution in [3.05, 3.63) is 54.1 Å². The first kappa shape index (κ1) is 13.5. The predicted octanol–water partition coefficient (Wildman–Crippen LogP) is 4.26. The van der Waals surface area contributed by atoms with E-state index in [1.807, 2.05) is 53.5 Å². The van der Waals surface area contributed by atoms with Gasteiger partial charge < -0.3 is 0 Å². The molecule has 106 valence electrons. The third kappa shape index (κ3) is 3.34. The molecular formula is C17H17N3O. The molecule has 3 rings (SSSR count). The molecule has 0 saturated carbocycles. The number of carbonyl (C=O) groups excluding carboxylic acids is 1. The molecule has 1 aliphatic rings. The Labute approximate surface area is 124 Å². The molecule has 2 aromatic rings. The van der Waals surface area contributed by atoms with Crippen LogP contribution in [0.15, 0.2) is 58.9 Å². The van der Waals surface area contributed by atoms with Crippen molar-refractivity contribution < 1.29 is 4.79 Å². The summed E-state index contributed by atoms with van der Waals surface area (Å²) < 4.78 is 0. The molecule has 0 radical (unpaired) electrons. The summed E-state index contributed by atoms with van der Waals surface area (Å²) in [5.74, 6) is 0. The van der Waals surface area contributed by atoms with Crippen molar-refractivity contribution in [2.75, 3.05) is 13.1 Å². The first-order chi connectivity index (χ1) is 10.3. The Balaban J connectivity index is 1.71. The van der Waals surface area contributed by atoms with Crippen LogP contribution in [-0.2, 0) is 0 Å². The molecule has 0 aromatic heterocycles. The zero-order valence-corrected chi connectivity index (χ0v) is 11.8. The fraction of sp³-hybridized carbons (Fsp3) is 0.235. The van der Waals surface area contributed by atoms with E-state index in [2.05, 4.69) is 10.3 Å². The van der Waals surface area contributed by atoms with Crippen molar-refractivity contribution in [1.82, 2.24) is 5.01 Å². The minimum absolute atomic E-state index is 0.690. The van der Waals surface area contributed by atoms with Gasteiger partial charge in [-0.3, -0.25) is 9.80 Å². The SMILES string of the molecule is O=Cc1ccc(-c2ccc(N=NN3CCCC3)cc2)cc1. The normalized spacial score (nSPS) is 14.8. The van der Waals surface area contributed by atoms with Gasteiger partial charge in [-0.05, 0) is 36.1 Å². The number of hydrogen-bond donors (Lipinski definition) is 0. The van der Waals surface area contributed by atoms with Crippen LogP contribution < -0.4 is 0 Å². The number of benzene rings is 2. The quantitative estimate of drug-likeness (QED) is 0.620. The Morgan fingerprint density at radius 1 is 0.857 bits per heavy atom. The van der Waals surface area contributed by atoms with Crippen LogP contribution in [-0.4, -0.2) is 24.4 Å². The summed E-state index contributed by atoms with van der Waals surface area (Å²) in [6.07, 6.45) is 3.26. The van der Waals surface area contributed by atoms with E-state index in [1.54, 1.807) is 0 Å². The molecular weight excluding hydrogens is 262 g/mol. The van der Waals surface area contributed by atoms with Crippen molar-refractivity contribution in [3.63, 3.8) is 0 Å². The van der Waals surface area contributed by atoms with Gasteiger partial charge in [0.1, 0.15) is 6.29 Å². The minimum atomic E-state index is 0.690. The van der Waals surface area contributed by atoms with Crippen LogP contribution in [0.4, 0.5) is 5.69 Å². The number of aldehydes is 1. The Morgan fingerprint density at radius 3 is 2.00 bits per heavy atom. The minimum Gasteiger partial charge on any atom is -0.298 e. The summed E-state index contributed by atoms with van der Waals surface area (Å²) in [7, 11) is 0. The summed E-state index contributed by atoms with van der Waals surface area (Å²) in [6.45, 7) is 2.01. The maximum absolute atomic E-state index is 10.7. The Hall–Kier alpha value is -2.49. The first-order valence-electron chi connectivity index (χ1n) is 7.17. The van der Waals surface area contributed by atoms with Crippen LogP contribution >= 0.6 is 0 Å². The average Bonchev–Trinajstić information content (AvgIpc) is 3.07. The van der Waals surface area contributed by atoms with Gasteiger partial charge in [0.25, 0.3) is 0 Å². The second-order valence-electron chi connectivity index (χ2n) is 5.14. The third-order valence-electron chi connectivity index (χ3n) is 3.62. The number of hydrogen-bond acceptors (Lipinski definition) is 3. The van der Waals surface area contributed by atoms with E-state index in [1.165, 1.54) is 12.8 Å². The van der Waals surface area contributed by atoms with Gasteiger partial charge in [-0.1, -0.05) is 41.6 Å². The molecule has 4 nitrogen and oxygen atoms in total. The van der Waals surface area contributed by atoms with Gasteiger partial charge in [-0.15, -0.1) is 5.11 Å². The van der Waals surface area contributed by atoms with Crippen LogP contribution in [0.25, 0.3) is 11.1 Å². The monoisotopic (exact) mass is 279 g/mol. The first-order valence-corrected chi connectivity index (χ1v) is 7.17. The second kappa shape index (κ2) is 6.31. The van der Waals surface area contributed by atoms with Crippen LogP contribution in [0.2, 0.25) is 0 Å². The fourth-order valence-corrected chi connectivity index (χ4v) is 2.38. The lowest BCUT2D eigenvalue weighted by molar-refractivity contribution is 0.112. The largest absolute Gasteiger partial charge is 0.298 e. The van der Waals surface area contributed by atoms with Crippen molar-refractivity contribution in [3.8, 4) is 11.1 Å². The molecule has 0 bridgehead atoms. The van der Waals surface area contributed by atoms with E-state index >= 15 is 0 Å². The lowest BCUT2D eigenvalue weighted by atomic mass is 10.0. The van der Waals surface area contributed by atoms with E-state index in [-0.39, 0.29) is 0 Å². The molecule has 2 aromatic carbocycles. The standard InChI is InChI=1S/C17H17N3O/c21-13-14-3-5-15(6-4-14)16-7-9-17(10-8-16)18-19-20-11-1-2-12-20/h3-10,13H,1-2,11-12H2. The van der Waals surface area contributed by atoms with E-state index < -0.39 is 0 Å². The molecule has 21 heavy (non-hydrogen) atoms. The fourth-order valence-electron chi connectivity index (χ4n) is 2.38. The van der Waals surface area contributed by atoms with Gasteiger partial charge in [0, 0.05) is 18.7 Å². The molecule has 0 amide bonds. The number of nitrogens with zero attached hydrogens (tertiary/aromatic N) is 3. The van der Waals surface area contributed by atoms with Gasteiger partial charge in [0.15, 0.2) is 0 Å². The molecule has 0 atom stereocenters. The maximum atomic E-state index is 10.7. The van der Waals surface area contributed by atoms with Crippen LogP contribution in [0.1, 0.15) is 23.2 Å². The maximum Gasteiger partial charge on any atom is 0.150 e. The van der Waals surface area contributed by atoms with Gasteiger partial charge in [-0.2, -0.15) is 0 Å². The highest BCUT2D eigenvalue weighted by Crippen LogP contribution is 2.23. The van der Waals surface area contributed by atoms with E-state index in [4.69, 9.17) is 0 Å².